The highest BCUT2D eigenvalue weighted by Crippen LogP contribution is 2.76. The quantitative estimate of drug-likeness (QED) is 0.221. The molecule has 0 radical (unpaired) electrons. The van der Waals surface area contributed by atoms with Gasteiger partial charge in [-0.25, -0.2) is 0 Å². The molecule has 0 aliphatic heterocycles. The highest BCUT2D eigenvalue weighted by molar-refractivity contribution is 7.25. The van der Waals surface area contributed by atoms with Crippen LogP contribution in [0.3, 0.4) is 0 Å². The van der Waals surface area contributed by atoms with Crippen LogP contribution in [0.1, 0.15) is 44.1 Å². The molecule has 4 unspecified atom stereocenters. The van der Waals surface area contributed by atoms with E-state index in [0.717, 1.165) is 41.4 Å². The second-order valence-corrected chi connectivity index (χ2v) is 14.9. The number of hydrogen-bond donors (Lipinski definition) is 0. The molecule has 39 heavy (non-hydrogen) atoms. The van der Waals surface area contributed by atoms with E-state index < -0.39 is 0 Å². The van der Waals surface area contributed by atoms with Crippen LogP contribution in [-0.2, 0) is 5.41 Å². The summed E-state index contributed by atoms with van der Waals surface area (Å²) in [5, 5.41) is 2.75. The predicted molar refractivity (Wildman–Crippen MR) is 164 cm³/mol. The molecule has 7 saturated carbocycles. The zero-order chi connectivity index (χ0) is 25.3. The van der Waals surface area contributed by atoms with Crippen LogP contribution in [0.2, 0.25) is 0 Å². The van der Waals surface area contributed by atoms with Gasteiger partial charge in [0, 0.05) is 25.6 Å². The molecule has 1 heteroatoms. The zero-order valence-electron chi connectivity index (χ0n) is 22.4. The van der Waals surface area contributed by atoms with Crippen molar-refractivity contribution in [2.45, 2.75) is 43.9 Å². The van der Waals surface area contributed by atoms with E-state index in [4.69, 9.17) is 0 Å². The number of benzene rings is 4. The monoisotopic (exact) mass is 522 g/mol. The molecule has 4 aromatic carbocycles. The average molecular weight is 523 g/mol. The fraction of sp³-hybridized carbons (Fsp3) is 0.368. The third-order valence-corrected chi connectivity index (χ3v) is 13.6. The van der Waals surface area contributed by atoms with Gasteiger partial charge in [0.15, 0.2) is 0 Å². The Bertz CT molecular complexity index is 1730. The third kappa shape index (κ3) is 2.85. The van der Waals surface area contributed by atoms with Crippen molar-refractivity contribution in [3.05, 3.63) is 96.6 Å². The lowest BCUT2D eigenvalue weighted by Gasteiger charge is -2.74. The lowest BCUT2D eigenvalue weighted by molar-refractivity contribution is -0.220. The topological polar surface area (TPSA) is 0 Å². The van der Waals surface area contributed by atoms with Crippen molar-refractivity contribution in [2.24, 2.45) is 41.4 Å². The summed E-state index contributed by atoms with van der Waals surface area (Å²) in [4.78, 5) is 0. The molecular weight excluding hydrogens is 488 g/mol. The van der Waals surface area contributed by atoms with Gasteiger partial charge in [0.1, 0.15) is 0 Å². The van der Waals surface area contributed by atoms with Crippen molar-refractivity contribution in [3.8, 4) is 22.3 Å². The first-order valence-electron chi connectivity index (χ1n) is 15.4. The van der Waals surface area contributed by atoms with E-state index in [1.165, 1.54) is 61.7 Å². The molecule has 5 aromatic rings. The maximum Gasteiger partial charge on any atom is 0.0355 e. The second kappa shape index (κ2) is 7.64. The van der Waals surface area contributed by atoms with Crippen LogP contribution in [0, 0.1) is 41.4 Å². The Morgan fingerprint density at radius 2 is 1.10 bits per heavy atom. The lowest BCUT2D eigenvalue weighted by atomic mass is 9.30. The standard InChI is InChI=1S/C38H34S/c1-2-4-36-29(3-1)33-20-27(11-14-37(33)39-36)26-7-5-24(6-8-26)25-9-12-28(13-10-25)38-21-23-16-31-30-15-22(18-34(31)38)19-35(38)32(30)17-23/h1-14,20,22-23,30-32,34-35H,15-19,21H2. The van der Waals surface area contributed by atoms with E-state index in [-0.39, 0.29) is 0 Å². The summed E-state index contributed by atoms with van der Waals surface area (Å²) in [7, 11) is 0. The second-order valence-electron chi connectivity index (χ2n) is 13.8. The zero-order valence-corrected chi connectivity index (χ0v) is 23.2. The summed E-state index contributed by atoms with van der Waals surface area (Å²) in [5.41, 5.74) is 7.51. The van der Waals surface area contributed by atoms with Gasteiger partial charge >= 0.3 is 0 Å². The molecule has 192 valence electrons. The van der Waals surface area contributed by atoms with Crippen molar-refractivity contribution in [1.82, 2.24) is 0 Å². The molecule has 8 bridgehead atoms. The Balaban J connectivity index is 0.974. The molecule has 7 aliphatic rings. The fourth-order valence-corrected chi connectivity index (χ4v) is 12.3. The number of fused-ring (bicyclic) bond motifs is 3. The molecule has 0 nitrogen and oxygen atoms in total. The third-order valence-electron chi connectivity index (χ3n) is 12.4. The van der Waals surface area contributed by atoms with Crippen molar-refractivity contribution in [3.63, 3.8) is 0 Å². The fourth-order valence-electron chi connectivity index (χ4n) is 11.2. The highest BCUT2D eigenvalue weighted by Gasteiger charge is 2.70. The molecule has 7 fully saturated rings. The molecule has 1 heterocycles. The van der Waals surface area contributed by atoms with Crippen molar-refractivity contribution in [2.75, 3.05) is 0 Å². The van der Waals surface area contributed by atoms with E-state index >= 15 is 0 Å². The predicted octanol–water partition coefficient (Wildman–Crippen LogP) is 10.3. The molecule has 0 N–H and O–H groups in total. The van der Waals surface area contributed by atoms with E-state index in [0.29, 0.717) is 5.41 Å². The molecular formula is C38H34S. The van der Waals surface area contributed by atoms with Gasteiger partial charge in [0.05, 0.1) is 0 Å². The summed E-state index contributed by atoms with van der Waals surface area (Å²) < 4.78 is 2.74. The SMILES string of the molecule is c1ccc2c(c1)sc1ccc(-c3ccc(-c4ccc(C56CC7CC8C9CC(CC85)CC6C9C7)cc4)cc3)cc12. The summed E-state index contributed by atoms with van der Waals surface area (Å²) in [6.45, 7) is 0. The number of hydrogen-bond acceptors (Lipinski definition) is 1. The Labute approximate surface area is 235 Å². The summed E-state index contributed by atoms with van der Waals surface area (Å²) in [5.74, 6) is 7.22. The molecule has 4 atom stereocenters. The normalized spacial score (nSPS) is 35.4. The maximum atomic E-state index is 2.56. The van der Waals surface area contributed by atoms with Crippen LogP contribution in [0.4, 0.5) is 0 Å². The average Bonchev–Trinajstić information content (AvgIpc) is 3.37. The van der Waals surface area contributed by atoms with Crippen LogP contribution in [0.25, 0.3) is 42.4 Å². The first-order valence-corrected chi connectivity index (χ1v) is 16.2. The Morgan fingerprint density at radius 1 is 0.513 bits per heavy atom. The smallest absolute Gasteiger partial charge is 0.0355 e. The van der Waals surface area contributed by atoms with E-state index in [1.54, 1.807) is 24.8 Å². The largest absolute Gasteiger partial charge is 0.135 e. The molecule has 7 aliphatic carbocycles. The Hall–Kier alpha value is -2.90. The summed E-state index contributed by atoms with van der Waals surface area (Å²) >= 11 is 1.89. The van der Waals surface area contributed by atoms with Gasteiger partial charge < -0.3 is 0 Å². The van der Waals surface area contributed by atoms with E-state index in [2.05, 4.69) is 91.0 Å². The van der Waals surface area contributed by atoms with Crippen molar-refractivity contribution < 1.29 is 0 Å². The van der Waals surface area contributed by atoms with Gasteiger partial charge in [-0.15, -0.1) is 11.3 Å². The molecule has 0 amide bonds. The minimum Gasteiger partial charge on any atom is -0.135 e. The maximum absolute atomic E-state index is 2.56. The van der Waals surface area contributed by atoms with Gasteiger partial charge in [0.2, 0.25) is 0 Å². The Kier molecular flexibility index (Phi) is 4.28. The summed E-state index contributed by atoms with van der Waals surface area (Å²) in [6, 6.07) is 35.0. The summed E-state index contributed by atoms with van der Waals surface area (Å²) in [6.07, 6.45) is 9.27. The highest BCUT2D eigenvalue weighted by atomic mass is 32.1. The van der Waals surface area contributed by atoms with Crippen LogP contribution in [0.15, 0.2) is 91.0 Å². The van der Waals surface area contributed by atoms with Gasteiger partial charge in [0.25, 0.3) is 0 Å². The number of thiophene rings is 1. The van der Waals surface area contributed by atoms with Gasteiger partial charge in [-0.3, -0.25) is 0 Å². The molecule has 12 rings (SSSR count). The molecule has 1 aromatic heterocycles. The van der Waals surface area contributed by atoms with Crippen LogP contribution >= 0.6 is 11.3 Å². The first kappa shape index (κ1) is 21.9. The molecule has 0 spiro atoms. The first-order chi connectivity index (χ1) is 19.2. The van der Waals surface area contributed by atoms with Gasteiger partial charge in [-0.2, -0.15) is 0 Å². The number of rotatable bonds is 3. The van der Waals surface area contributed by atoms with E-state index in [1.807, 2.05) is 11.3 Å². The van der Waals surface area contributed by atoms with Gasteiger partial charge in [-0.1, -0.05) is 72.8 Å². The Morgan fingerprint density at radius 3 is 1.85 bits per heavy atom. The van der Waals surface area contributed by atoms with Crippen LogP contribution in [0.5, 0.6) is 0 Å². The molecule has 0 saturated heterocycles. The van der Waals surface area contributed by atoms with Crippen molar-refractivity contribution >= 4 is 31.5 Å². The minimum atomic E-state index is 0.511. The van der Waals surface area contributed by atoms with Crippen LogP contribution in [-0.4, -0.2) is 0 Å². The van der Waals surface area contributed by atoms with E-state index in [9.17, 15) is 0 Å². The van der Waals surface area contributed by atoms with Crippen molar-refractivity contribution in [1.29, 1.82) is 0 Å². The lowest BCUT2D eigenvalue weighted by Crippen LogP contribution is -2.69. The minimum absolute atomic E-state index is 0.511. The van der Waals surface area contributed by atoms with Gasteiger partial charge in [-0.05, 0) is 126 Å². The van der Waals surface area contributed by atoms with Crippen LogP contribution < -0.4 is 0 Å².